The Bertz CT molecular complexity index is 393. The van der Waals surface area contributed by atoms with Crippen molar-refractivity contribution in [2.45, 2.75) is 11.8 Å². The Morgan fingerprint density at radius 1 is 1.44 bits per heavy atom. The maximum atomic E-state index is 11.5. The second kappa shape index (κ2) is 5.65. The molecule has 0 heterocycles. The van der Waals surface area contributed by atoms with Gasteiger partial charge < -0.3 is 15.2 Å². The summed E-state index contributed by atoms with van der Waals surface area (Å²) in [5.74, 6) is 0.900. The number of nitrogens with two attached hydrogens (primary N) is 1. The van der Waals surface area contributed by atoms with Crippen molar-refractivity contribution in [3.63, 3.8) is 0 Å². The van der Waals surface area contributed by atoms with Gasteiger partial charge in [-0.15, -0.1) is 11.8 Å². The fourth-order valence-electron chi connectivity index (χ4n) is 1.29. The van der Waals surface area contributed by atoms with Gasteiger partial charge in [0.25, 0.3) is 0 Å². The monoisotopic (exact) mass is 241 g/mol. The Labute approximate surface area is 99.1 Å². The first-order valence-electron chi connectivity index (χ1n) is 4.82. The molecule has 1 aromatic carbocycles. The van der Waals surface area contributed by atoms with Gasteiger partial charge in [0.15, 0.2) is 0 Å². The lowest BCUT2D eigenvalue weighted by Crippen LogP contribution is -2.05. The highest BCUT2D eigenvalue weighted by Gasteiger charge is 2.15. The number of ether oxygens (including phenoxy) is 2. The van der Waals surface area contributed by atoms with Crippen LogP contribution in [0.4, 0.5) is 5.69 Å². The summed E-state index contributed by atoms with van der Waals surface area (Å²) in [6, 6.07) is 3.35. The Morgan fingerprint density at radius 3 is 2.62 bits per heavy atom. The summed E-state index contributed by atoms with van der Waals surface area (Å²) in [5, 5.41) is 0. The first kappa shape index (κ1) is 12.7. The number of rotatable bonds is 4. The molecule has 0 aliphatic rings. The number of benzene rings is 1. The minimum Gasteiger partial charge on any atom is -0.496 e. The van der Waals surface area contributed by atoms with Gasteiger partial charge in [-0.05, 0) is 11.8 Å². The lowest BCUT2D eigenvalue weighted by Gasteiger charge is -2.11. The van der Waals surface area contributed by atoms with Crippen LogP contribution in [0, 0.1) is 0 Å². The van der Waals surface area contributed by atoms with Crippen molar-refractivity contribution in [2.24, 2.45) is 0 Å². The SMILES string of the molecule is CCSc1cc(C(=O)OC)c(OC)cc1N. The number of nitrogen functional groups attached to an aromatic ring is 1. The van der Waals surface area contributed by atoms with Crippen LogP contribution in [0.25, 0.3) is 0 Å². The first-order chi connectivity index (χ1) is 7.63. The normalized spacial score (nSPS) is 9.94. The minimum atomic E-state index is -0.421. The Morgan fingerprint density at radius 2 is 2.12 bits per heavy atom. The summed E-state index contributed by atoms with van der Waals surface area (Å²) in [6.07, 6.45) is 0. The number of hydrogen-bond donors (Lipinski definition) is 1. The molecule has 5 heteroatoms. The van der Waals surface area contributed by atoms with Gasteiger partial charge in [0.05, 0.1) is 14.2 Å². The molecule has 0 atom stereocenters. The van der Waals surface area contributed by atoms with Gasteiger partial charge in [-0.25, -0.2) is 4.79 Å². The smallest absolute Gasteiger partial charge is 0.341 e. The van der Waals surface area contributed by atoms with E-state index in [1.165, 1.54) is 14.2 Å². The molecular formula is C11H15NO3S. The third kappa shape index (κ3) is 2.61. The highest BCUT2D eigenvalue weighted by atomic mass is 32.2. The summed E-state index contributed by atoms with van der Waals surface area (Å²) >= 11 is 1.57. The van der Waals surface area contributed by atoms with Gasteiger partial charge in [-0.3, -0.25) is 0 Å². The third-order valence-electron chi connectivity index (χ3n) is 2.04. The molecule has 0 radical (unpaired) electrons. The lowest BCUT2D eigenvalue weighted by molar-refractivity contribution is 0.0597. The lowest BCUT2D eigenvalue weighted by atomic mass is 10.2. The van der Waals surface area contributed by atoms with E-state index in [1.54, 1.807) is 23.9 Å². The van der Waals surface area contributed by atoms with Crippen molar-refractivity contribution in [3.05, 3.63) is 17.7 Å². The molecule has 1 rings (SSSR count). The van der Waals surface area contributed by atoms with Crippen LogP contribution in [0.2, 0.25) is 0 Å². The van der Waals surface area contributed by atoms with Crippen LogP contribution in [0.5, 0.6) is 5.75 Å². The number of anilines is 1. The minimum absolute atomic E-state index is 0.398. The first-order valence-corrected chi connectivity index (χ1v) is 5.81. The number of esters is 1. The number of methoxy groups -OCH3 is 2. The Balaban J connectivity index is 3.22. The molecule has 0 saturated heterocycles. The van der Waals surface area contributed by atoms with Crippen LogP contribution in [-0.2, 0) is 4.74 Å². The molecule has 0 amide bonds. The molecule has 0 aliphatic carbocycles. The molecule has 88 valence electrons. The summed E-state index contributed by atoms with van der Waals surface area (Å²) in [5.41, 5.74) is 6.85. The van der Waals surface area contributed by atoms with Gasteiger partial charge in [-0.2, -0.15) is 0 Å². The van der Waals surface area contributed by atoms with Crippen molar-refractivity contribution >= 4 is 23.4 Å². The van der Waals surface area contributed by atoms with Crippen LogP contribution in [0.1, 0.15) is 17.3 Å². The molecule has 16 heavy (non-hydrogen) atoms. The van der Waals surface area contributed by atoms with Crippen molar-refractivity contribution in [1.29, 1.82) is 0 Å². The predicted molar refractivity (Wildman–Crippen MR) is 65.1 cm³/mol. The number of carbonyl (C=O) groups excluding carboxylic acids is 1. The summed E-state index contributed by atoms with van der Waals surface area (Å²) in [7, 11) is 2.83. The van der Waals surface area contributed by atoms with Gasteiger partial charge in [0.1, 0.15) is 11.3 Å². The molecule has 4 nitrogen and oxygen atoms in total. The molecule has 0 bridgehead atoms. The van der Waals surface area contributed by atoms with E-state index in [0.717, 1.165) is 10.6 Å². The highest BCUT2D eigenvalue weighted by Crippen LogP contribution is 2.32. The second-order valence-electron chi connectivity index (χ2n) is 3.01. The molecule has 0 fully saturated rings. The molecule has 0 saturated carbocycles. The summed E-state index contributed by atoms with van der Waals surface area (Å²) < 4.78 is 9.77. The van der Waals surface area contributed by atoms with E-state index in [9.17, 15) is 4.79 Å². The average Bonchev–Trinajstić information content (AvgIpc) is 2.30. The summed E-state index contributed by atoms with van der Waals surface area (Å²) in [6.45, 7) is 2.02. The quantitative estimate of drug-likeness (QED) is 0.497. The second-order valence-corrected chi connectivity index (χ2v) is 4.32. The van der Waals surface area contributed by atoms with E-state index in [0.29, 0.717) is 17.0 Å². The fourth-order valence-corrected chi connectivity index (χ4v) is 2.03. The molecule has 0 unspecified atom stereocenters. The largest absolute Gasteiger partial charge is 0.496 e. The summed E-state index contributed by atoms with van der Waals surface area (Å²) in [4.78, 5) is 12.4. The van der Waals surface area contributed by atoms with Crippen molar-refractivity contribution in [2.75, 3.05) is 25.7 Å². The molecule has 2 N–H and O–H groups in total. The molecule has 1 aromatic rings. The zero-order chi connectivity index (χ0) is 12.1. The van der Waals surface area contributed by atoms with Crippen LogP contribution in [0.3, 0.4) is 0 Å². The van der Waals surface area contributed by atoms with E-state index in [4.69, 9.17) is 10.5 Å². The topological polar surface area (TPSA) is 61.5 Å². The molecule has 0 aromatic heterocycles. The number of thioether (sulfide) groups is 1. The van der Waals surface area contributed by atoms with Crippen molar-refractivity contribution in [1.82, 2.24) is 0 Å². The zero-order valence-corrected chi connectivity index (χ0v) is 10.4. The van der Waals surface area contributed by atoms with Gasteiger partial charge in [0, 0.05) is 16.6 Å². The standard InChI is InChI=1S/C11H15NO3S/c1-4-16-10-5-7(11(13)15-3)9(14-2)6-8(10)12/h5-6H,4,12H2,1-3H3. The van der Waals surface area contributed by atoms with Crippen molar-refractivity contribution < 1.29 is 14.3 Å². The van der Waals surface area contributed by atoms with E-state index >= 15 is 0 Å². The van der Waals surface area contributed by atoms with Gasteiger partial charge >= 0.3 is 5.97 Å². The molecule has 0 spiro atoms. The Hall–Kier alpha value is -1.36. The number of carbonyl (C=O) groups is 1. The number of hydrogen-bond acceptors (Lipinski definition) is 5. The third-order valence-corrected chi connectivity index (χ3v) is 2.99. The maximum Gasteiger partial charge on any atom is 0.341 e. The van der Waals surface area contributed by atoms with Crippen LogP contribution in [0.15, 0.2) is 17.0 Å². The van der Waals surface area contributed by atoms with E-state index < -0.39 is 5.97 Å². The maximum absolute atomic E-state index is 11.5. The fraction of sp³-hybridized carbons (Fsp3) is 0.364. The van der Waals surface area contributed by atoms with E-state index in [1.807, 2.05) is 6.92 Å². The van der Waals surface area contributed by atoms with E-state index in [-0.39, 0.29) is 0 Å². The average molecular weight is 241 g/mol. The Kier molecular flexibility index (Phi) is 4.49. The van der Waals surface area contributed by atoms with Crippen LogP contribution in [-0.4, -0.2) is 25.9 Å². The molecule has 0 aliphatic heterocycles. The zero-order valence-electron chi connectivity index (χ0n) is 9.57. The van der Waals surface area contributed by atoms with Crippen LogP contribution < -0.4 is 10.5 Å². The van der Waals surface area contributed by atoms with Gasteiger partial charge in [-0.1, -0.05) is 6.92 Å². The van der Waals surface area contributed by atoms with E-state index in [2.05, 4.69) is 4.74 Å². The molecular weight excluding hydrogens is 226 g/mol. The van der Waals surface area contributed by atoms with Crippen LogP contribution >= 0.6 is 11.8 Å². The predicted octanol–water partition coefficient (Wildman–Crippen LogP) is 2.18. The van der Waals surface area contributed by atoms with Gasteiger partial charge in [0.2, 0.25) is 0 Å². The van der Waals surface area contributed by atoms with Crippen molar-refractivity contribution in [3.8, 4) is 5.75 Å². The highest BCUT2D eigenvalue weighted by molar-refractivity contribution is 7.99.